The lowest BCUT2D eigenvalue weighted by atomic mass is 10.2. The van der Waals surface area contributed by atoms with Crippen molar-refractivity contribution in [2.45, 2.75) is 39.9 Å². The number of rotatable bonds is 7. The first-order valence-electron chi connectivity index (χ1n) is 7.08. The fourth-order valence-electron chi connectivity index (χ4n) is 1.91. The molecule has 0 aliphatic carbocycles. The molecule has 0 fully saturated rings. The lowest BCUT2D eigenvalue weighted by Crippen LogP contribution is -2.21. The molecular weight excluding hydrogens is 250 g/mol. The highest BCUT2D eigenvalue weighted by molar-refractivity contribution is 5.27. The quantitative estimate of drug-likeness (QED) is 0.843. The van der Waals surface area contributed by atoms with Crippen molar-refractivity contribution in [1.29, 1.82) is 0 Å². The molecule has 4 heteroatoms. The van der Waals surface area contributed by atoms with E-state index in [9.17, 15) is 0 Å². The summed E-state index contributed by atoms with van der Waals surface area (Å²) in [6.07, 6.45) is 1.81. The number of benzene rings is 1. The molecule has 4 nitrogen and oxygen atoms in total. The number of hydrogen-bond acceptors (Lipinski definition) is 3. The van der Waals surface area contributed by atoms with Gasteiger partial charge in [-0.25, -0.2) is 0 Å². The number of hydrogen-bond donors (Lipinski definition) is 1. The Labute approximate surface area is 120 Å². The van der Waals surface area contributed by atoms with Gasteiger partial charge in [0.2, 0.25) is 0 Å². The smallest absolute Gasteiger partial charge is 0.119 e. The predicted octanol–water partition coefficient (Wildman–Crippen LogP) is 2.77. The minimum atomic E-state index is 0.503. The number of nitrogens with zero attached hydrogens (tertiary/aromatic N) is 2. The minimum Gasteiger partial charge on any atom is -0.492 e. The molecule has 0 bridgehead atoms. The van der Waals surface area contributed by atoms with Crippen LogP contribution >= 0.6 is 0 Å². The van der Waals surface area contributed by atoms with E-state index in [1.165, 1.54) is 5.56 Å². The molecule has 2 aromatic rings. The lowest BCUT2D eigenvalue weighted by Gasteiger charge is -2.10. The minimum absolute atomic E-state index is 0.503. The fourth-order valence-corrected chi connectivity index (χ4v) is 1.91. The summed E-state index contributed by atoms with van der Waals surface area (Å²) in [7, 11) is 0. The normalized spacial score (nSPS) is 11.0. The summed E-state index contributed by atoms with van der Waals surface area (Å²) in [6.45, 7) is 8.64. The summed E-state index contributed by atoms with van der Waals surface area (Å²) in [5.41, 5.74) is 2.43. The van der Waals surface area contributed by atoms with Crippen LogP contribution in [0.15, 0.2) is 36.5 Å². The summed E-state index contributed by atoms with van der Waals surface area (Å²) in [6, 6.07) is 10.7. The molecule has 0 amide bonds. The second-order valence-electron chi connectivity index (χ2n) is 5.22. The van der Waals surface area contributed by atoms with Gasteiger partial charge in [-0.2, -0.15) is 5.10 Å². The van der Waals surface area contributed by atoms with Gasteiger partial charge in [0.05, 0.1) is 6.54 Å². The molecule has 20 heavy (non-hydrogen) atoms. The molecule has 2 rings (SSSR count). The molecule has 0 spiro atoms. The molecule has 0 unspecified atom stereocenters. The van der Waals surface area contributed by atoms with Crippen molar-refractivity contribution in [1.82, 2.24) is 15.1 Å². The van der Waals surface area contributed by atoms with Gasteiger partial charge < -0.3 is 10.1 Å². The summed E-state index contributed by atoms with van der Waals surface area (Å²) >= 11 is 0. The van der Waals surface area contributed by atoms with Crippen molar-refractivity contribution in [2.24, 2.45) is 0 Å². The topological polar surface area (TPSA) is 39.1 Å². The van der Waals surface area contributed by atoms with E-state index in [4.69, 9.17) is 4.74 Å². The van der Waals surface area contributed by atoms with Gasteiger partial charge in [-0.3, -0.25) is 4.68 Å². The Morgan fingerprint density at radius 2 is 1.95 bits per heavy atom. The molecule has 1 N–H and O–H groups in total. The Hall–Kier alpha value is -1.81. The Kier molecular flexibility index (Phi) is 5.18. The lowest BCUT2D eigenvalue weighted by molar-refractivity contribution is 0.290. The van der Waals surface area contributed by atoms with Crippen molar-refractivity contribution in [2.75, 3.05) is 6.61 Å². The summed E-state index contributed by atoms with van der Waals surface area (Å²) in [4.78, 5) is 0. The molecule has 108 valence electrons. The van der Waals surface area contributed by atoms with E-state index in [1.807, 2.05) is 36.0 Å². The van der Waals surface area contributed by atoms with Gasteiger partial charge in [0.15, 0.2) is 0 Å². The van der Waals surface area contributed by atoms with E-state index in [0.717, 1.165) is 24.5 Å². The monoisotopic (exact) mass is 273 g/mol. The molecule has 0 radical (unpaired) electrons. The number of ether oxygens (including phenoxy) is 1. The molecule has 1 heterocycles. The summed E-state index contributed by atoms with van der Waals surface area (Å²) in [5, 5.41) is 7.63. The van der Waals surface area contributed by atoms with Crippen LogP contribution < -0.4 is 10.1 Å². The van der Waals surface area contributed by atoms with Crippen LogP contribution in [-0.2, 0) is 13.1 Å². The Balaban J connectivity index is 1.77. The molecule has 1 aromatic carbocycles. The Morgan fingerprint density at radius 1 is 1.20 bits per heavy atom. The zero-order chi connectivity index (χ0) is 14.4. The van der Waals surface area contributed by atoms with Gasteiger partial charge in [0.1, 0.15) is 12.4 Å². The first-order chi connectivity index (χ1) is 9.65. The van der Waals surface area contributed by atoms with Crippen LogP contribution in [0.4, 0.5) is 0 Å². The zero-order valence-corrected chi connectivity index (χ0v) is 12.5. The van der Waals surface area contributed by atoms with Crippen LogP contribution in [0.2, 0.25) is 0 Å². The molecule has 1 aromatic heterocycles. The number of nitrogens with one attached hydrogen (secondary N) is 1. The third-order valence-electron chi connectivity index (χ3n) is 3.14. The first-order valence-corrected chi connectivity index (χ1v) is 7.08. The molecular formula is C16H23N3O. The van der Waals surface area contributed by atoms with E-state index < -0.39 is 0 Å². The van der Waals surface area contributed by atoms with Crippen LogP contribution in [0.25, 0.3) is 0 Å². The van der Waals surface area contributed by atoms with E-state index in [0.29, 0.717) is 12.6 Å². The van der Waals surface area contributed by atoms with Crippen molar-refractivity contribution in [3.05, 3.63) is 47.8 Å². The van der Waals surface area contributed by atoms with Crippen LogP contribution in [0, 0.1) is 6.92 Å². The van der Waals surface area contributed by atoms with Gasteiger partial charge in [0, 0.05) is 24.5 Å². The van der Waals surface area contributed by atoms with E-state index in [1.54, 1.807) is 0 Å². The standard InChI is InChI=1S/C16H23N3O/c1-13(2)17-12-15-4-6-16(7-5-15)20-11-10-19-14(3)8-9-18-19/h4-9,13,17H,10-12H2,1-3H3. The van der Waals surface area contributed by atoms with Gasteiger partial charge in [-0.05, 0) is 30.7 Å². The maximum atomic E-state index is 5.73. The highest BCUT2D eigenvalue weighted by Gasteiger charge is 1.99. The molecule has 0 atom stereocenters. The molecule has 0 saturated heterocycles. The van der Waals surface area contributed by atoms with E-state index in [2.05, 4.69) is 36.4 Å². The van der Waals surface area contributed by atoms with Crippen LogP contribution in [0.5, 0.6) is 5.75 Å². The van der Waals surface area contributed by atoms with Crippen molar-refractivity contribution < 1.29 is 4.74 Å². The average Bonchev–Trinajstić information content (AvgIpc) is 2.83. The van der Waals surface area contributed by atoms with Gasteiger partial charge in [0.25, 0.3) is 0 Å². The molecule has 0 aliphatic rings. The van der Waals surface area contributed by atoms with Crippen molar-refractivity contribution >= 4 is 0 Å². The van der Waals surface area contributed by atoms with Crippen molar-refractivity contribution in [3.8, 4) is 5.75 Å². The molecule has 0 aliphatic heterocycles. The predicted molar refractivity (Wildman–Crippen MR) is 80.9 cm³/mol. The van der Waals surface area contributed by atoms with Crippen LogP contribution in [0.3, 0.4) is 0 Å². The maximum Gasteiger partial charge on any atom is 0.119 e. The number of aromatic nitrogens is 2. The van der Waals surface area contributed by atoms with Gasteiger partial charge >= 0.3 is 0 Å². The first kappa shape index (κ1) is 14.6. The second kappa shape index (κ2) is 7.10. The summed E-state index contributed by atoms with van der Waals surface area (Å²) < 4.78 is 7.68. The van der Waals surface area contributed by atoms with E-state index in [-0.39, 0.29) is 0 Å². The fraction of sp³-hybridized carbons (Fsp3) is 0.438. The zero-order valence-electron chi connectivity index (χ0n) is 12.5. The maximum absolute atomic E-state index is 5.73. The third kappa shape index (κ3) is 4.38. The number of aryl methyl sites for hydroxylation is 1. The average molecular weight is 273 g/mol. The van der Waals surface area contributed by atoms with Crippen molar-refractivity contribution in [3.63, 3.8) is 0 Å². The molecule has 0 saturated carbocycles. The van der Waals surface area contributed by atoms with Crippen LogP contribution in [-0.4, -0.2) is 22.4 Å². The Bertz CT molecular complexity index is 517. The Morgan fingerprint density at radius 3 is 2.55 bits per heavy atom. The van der Waals surface area contributed by atoms with Gasteiger partial charge in [-0.1, -0.05) is 26.0 Å². The second-order valence-corrected chi connectivity index (χ2v) is 5.22. The van der Waals surface area contributed by atoms with Gasteiger partial charge in [-0.15, -0.1) is 0 Å². The highest BCUT2D eigenvalue weighted by atomic mass is 16.5. The SMILES string of the molecule is Cc1ccnn1CCOc1ccc(CNC(C)C)cc1. The van der Waals surface area contributed by atoms with Crippen LogP contribution in [0.1, 0.15) is 25.1 Å². The van der Waals surface area contributed by atoms with E-state index >= 15 is 0 Å². The third-order valence-corrected chi connectivity index (χ3v) is 3.14. The largest absolute Gasteiger partial charge is 0.492 e. The summed E-state index contributed by atoms with van der Waals surface area (Å²) in [5.74, 6) is 0.906. The highest BCUT2D eigenvalue weighted by Crippen LogP contribution is 2.12.